The van der Waals surface area contributed by atoms with Crippen molar-refractivity contribution in [3.8, 4) is 11.5 Å². The summed E-state index contributed by atoms with van der Waals surface area (Å²) in [6.45, 7) is 8.68. The fourth-order valence-electron chi connectivity index (χ4n) is 2.39. The smallest absolute Gasteiger partial charge is 0.165 e. The molecule has 0 bridgehead atoms. The Balaban J connectivity index is 1.85. The fraction of sp³-hybridized carbons (Fsp3) is 0.368. The molecule has 0 aliphatic heterocycles. The lowest BCUT2D eigenvalue weighted by Gasteiger charge is -2.21. The minimum absolute atomic E-state index is 0.260. The van der Waals surface area contributed by atoms with Gasteiger partial charge in [-0.2, -0.15) is 0 Å². The highest BCUT2D eigenvalue weighted by atomic mass is 19.1. The zero-order chi connectivity index (χ0) is 16.7. The molecule has 0 saturated heterocycles. The third kappa shape index (κ3) is 4.88. The van der Waals surface area contributed by atoms with Crippen LogP contribution in [0.3, 0.4) is 0 Å². The molecule has 0 spiro atoms. The first-order valence-corrected chi connectivity index (χ1v) is 8.00. The summed E-state index contributed by atoms with van der Waals surface area (Å²) in [6, 6.07) is 12.9. The highest BCUT2D eigenvalue weighted by molar-refractivity contribution is 5.50. The zero-order valence-corrected chi connectivity index (χ0v) is 14.0. The Labute approximate surface area is 137 Å². The number of aryl methyl sites for hydroxylation is 1. The molecule has 0 aromatic heterocycles. The van der Waals surface area contributed by atoms with Crippen molar-refractivity contribution in [2.24, 2.45) is 0 Å². The van der Waals surface area contributed by atoms with Gasteiger partial charge in [-0.15, -0.1) is 0 Å². The van der Waals surface area contributed by atoms with Crippen molar-refractivity contribution < 1.29 is 13.9 Å². The van der Waals surface area contributed by atoms with Gasteiger partial charge in [0.1, 0.15) is 19.0 Å². The molecule has 0 atom stereocenters. The molecule has 124 valence electrons. The van der Waals surface area contributed by atoms with Gasteiger partial charge in [0.2, 0.25) is 0 Å². The third-order valence-corrected chi connectivity index (χ3v) is 3.64. The van der Waals surface area contributed by atoms with Crippen LogP contribution in [-0.4, -0.2) is 26.3 Å². The number of anilines is 1. The Morgan fingerprint density at radius 2 is 1.70 bits per heavy atom. The van der Waals surface area contributed by atoms with E-state index in [-0.39, 0.29) is 11.6 Å². The molecule has 0 heterocycles. The lowest BCUT2D eigenvalue weighted by Crippen LogP contribution is -2.21. The van der Waals surface area contributed by atoms with Crippen molar-refractivity contribution in [3.05, 3.63) is 53.8 Å². The molecule has 2 aromatic carbocycles. The first-order valence-electron chi connectivity index (χ1n) is 8.00. The van der Waals surface area contributed by atoms with E-state index in [1.54, 1.807) is 6.07 Å². The molecule has 3 nitrogen and oxygen atoms in total. The molecule has 0 aliphatic rings. The predicted molar refractivity (Wildman–Crippen MR) is 92.1 cm³/mol. The van der Waals surface area contributed by atoms with Crippen LogP contribution >= 0.6 is 0 Å². The average Bonchev–Trinajstić information content (AvgIpc) is 2.55. The lowest BCUT2D eigenvalue weighted by molar-refractivity contribution is 0.211. The highest BCUT2D eigenvalue weighted by Gasteiger charge is 2.05. The molecule has 0 unspecified atom stereocenters. The monoisotopic (exact) mass is 317 g/mol. The number of benzene rings is 2. The van der Waals surface area contributed by atoms with Crippen LogP contribution < -0.4 is 14.4 Å². The third-order valence-electron chi connectivity index (χ3n) is 3.64. The summed E-state index contributed by atoms with van der Waals surface area (Å²) in [5.41, 5.74) is 2.01. The van der Waals surface area contributed by atoms with Crippen molar-refractivity contribution in [1.29, 1.82) is 0 Å². The van der Waals surface area contributed by atoms with Crippen LogP contribution in [0.5, 0.6) is 11.5 Å². The molecule has 0 fully saturated rings. The number of hydrogen-bond donors (Lipinski definition) is 0. The molecule has 0 radical (unpaired) electrons. The van der Waals surface area contributed by atoms with E-state index in [1.807, 2.05) is 31.2 Å². The molecule has 0 amide bonds. The fourth-order valence-corrected chi connectivity index (χ4v) is 2.39. The van der Waals surface area contributed by atoms with Gasteiger partial charge < -0.3 is 14.4 Å². The Morgan fingerprint density at radius 1 is 0.957 bits per heavy atom. The Morgan fingerprint density at radius 3 is 2.39 bits per heavy atom. The largest absolute Gasteiger partial charge is 0.490 e. The first kappa shape index (κ1) is 17.1. The van der Waals surface area contributed by atoms with Gasteiger partial charge in [0.05, 0.1) is 0 Å². The van der Waals surface area contributed by atoms with Gasteiger partial charge >= 0.3 is 0 Å². The van der Waals surface area contributed by atoms with Crippen molar-refractivity contribution in [1.82, 2.24) is 0 Å². The molecule has 0 saturated carbocycles. The second-order valence-corrected chi connectivity index (χ2v) is 5.30. The van der Waals surface area contributed by atoms with Crippen LogP contribution in [-0.2, 0) is 0 Å². The van der Waals surface area contributed by atoms with Gasteiger partial charge in [0, 0.05) is 24.8 Å². The maximum atomic E-state index is 13.6. The van der Waals surface area contributed by atoms with Crippen molar-refractivity contribution in [3.63, 3.8) is 0 Å². The van der Waals surface area contributed by atoms with E-state index in [9.17, 15) is 4.39 Å². The quantitative estimate of drug-likeness (QED) is 0.672. The topological polar surface area (TPSA) is 21.7 Å². The van der Waals surface area contributed by atoms with E-state index in [2.05, 4.69) is 24.8 Å². The summed E-state index contributed by atoms with van der Waals surface area (Å²) < 4.78 is 24.8. The van der Waals surface area contributed by atoms with Gasteiger partial charge in [-0.3, -0.25) is 0 Å². The molecule has 0 aliphatic carbocycles. The molecule has 0 N–H and O–H groups in total. The number of nitrogens with zero attached hydrogens (tertiary/aromatic N) is 1. The Kier molecular flexibility index (Phi) is 6.27. The van der Waals surface area contributed by atoms with Crippen LogP contribution in [0.1, 0.15) is 19.4 Å². The summed E-state index contributed by atoms with van der Waals surface area (Å²) in [5.74, 6) is 0.715. The molecule has 2 aromatic rings. The number of rotatable bonds is 8. The van der Waals surface area contributed by atoms with E-state index < -0.39 is 0 Å². The predicted octanol–water partition coefficient (Wildman–Crippen LogP) is 4.44. The Bertz CT molecular complexity index is 627. The number of halogens is 1. The lowest BCUT2D eigenvalue weighted by atomic mass is 10.2. The maximum Gasteiger partial charge on any atom is 0.165 e. The summed E-state index contributed by atoms with van der Waals surface area (Å²) in [4.78, 5) is 2.25. The molecular formula is C19H24FNO2. The van der Waals surface area contributed by atoms with E-state index in [0.717, 1.165) is 30.1 Å². The van der Waals surface area contributed by atoms with Crippen LogP contribution in [0, 0.1) is 12.7 Å². The molecule has 23 heavy (non-hydrogen) atoms. The van der Waals surface area contributed by atoms with Crippen LogP contribution in [0.4, 0.5) is 10.1 Å². The van der Waals surface area contributed by atoms with E-state index in [0.29, 0.717) is 13.2 Å². The van der Waals surface area contributed by atoms with Crippen LogP contribution in [0.25, 0.3) is 0 Å². The molecule has 2 rings (SSSR count). The summed E-state index contributed by atoms with van der Waals surface area (Å²) in [5, 5.41) is 0. The maximum absolute atomic E-state index is 13.6. The standard InChI is InChI=1S/C19H24FNO2/c1-4-21(5-2)16-7-6-8-17(14-16)22-11-12-23-19-10-9-15(3)13-18(19)20/h6-10,13-14H,4-5,11-12H2,1-3H3. The van der Waals surface area contributed by atoms with E-state index in [4.69, 9.17) is 9.47 Å². The van der Waals surface area contributed by atoms with E-state index in [1.165, 1.54) is 6.07 Å². The SMILES string of the molecule is CCN(CC)c1cccc(OCCOc2ccc(C)cc2F)c1. The minimum Gasteiger partial charge on any atom is -0.490 e. The molecule has 4 heteroatoms. The van der Waals surface area contributed by atoms with Gasteiger partial charge in [-0.25, -0.2) is 4.39 Å². The summed E-state index contributed by atoms with van der Waals surface area (Å²) in [6.07, 6.45) is 0. The average molecular weight is 317 g/mol. The molecular weight excluding hydrogens is 293 g/mol. The second-order valence-electron chi connectivity index (χ2n) is 5.30. The van der Waals surface area contributed by atoms with Gasteiger partial charge in [-0.1, -0.05) is 12.1 Å². The number of hydrogen-bond acceptors (Lipinski definition) is 3. The van der Waals surface area contributed by atoms with Gasteiger partial charge in [0.15, 0.2) is 11.6 Å². The second kappa shape index (κ2) is 8.42. The van der Waals surface area contributed by atoms with E-state index >= 15 is 0 Å². The Hall–Kier alpha value is -2.23. The normalized spacial score (nSPS) is 10.4. The first-order chi connectivity index (χ1) is 11.1. The summed E-state index contributed by atoms with van der Waals surface area (Å²) >= 11 is 0. The summed E-state index contributed by atoms with van der Waals surface area (Å²) in [7, 11) is 0. The van der Waals surface area contributed by atoms with Crippen molar-refractivity contribution in [2.45, 2.75) is 20.8 Å². The minimum atomic E-state index is -0.339. The van der Waals surface area contributed by atoms with Gasteiger partial charge in [0.25, 0.3) is 0 Å². The number of ether oxygens (including phenoxy) is 2. The zero-order valence-electron chi connectivity index (χ0n) is 14.0. The van der Waals surface area contributed by atoms with Crippen molar-refractivity contribution in [2.75, 3.05) is 31.2 Å². The highest BCUT2D eigenvalue weighted by Crippen LogP contribution is 2.21. The van der Waals surface area contributed by atoms with Crippen LogP contribution in [0.2, 0.25) is 0 Å². The van der Waals surface area contributed by atoms with Crippen molar-refractivity contribution >= 4 is 5.69 Å². The van der Waals surface area contributed by atoms with Gasteiger partial charge in [-0.05, 0) is 50.6 Å². The van der Waals surface area contributed by atoms with Crippen LogP contribution in [0.15, 0.2) is 42.5 Å².